The lowest BCUT2D eigenvalue weighted by Crippen LogP contribution is -2.15. The van der Waals surface area contributed by atoms with Crippen molar-refractivity contribution in [2.45, 2.75) is 12.8 Å². The quantitative estimate of drug-likeness (QED) is 0.683. The molecule has 1 heterocycles. The molecule has 0 saturated carbocycles. The first-order chi connectivity index (χ1) is 6.24. The van der Waals surface area contributed by atoms with Crippen LogP contribution in [0.4, 0.5) is 0 Å². The van der Waals surface area contributed by atoms with Gasteiger partial charge in [0.1, 0.15) is 0 Å². The van der Waals surface area contributed by atoms with E-state index in [9.17, 15) is 9.59 Å². The average Bonchev–Trinajstić information content (AvgIpc) is 2.49. The largest absolute Gasteiger partial charge is 0.491 e. The number of pyridine rings is 1. The van der Waals surface area contributed by atoms with Gasteiger partial charge in [0.05, 0.1) is 12.7 Å². The summed E-state index contributed by atoms with van der Waals surface area (Å²) in [5, 5.41) is 0. The number of carbonyl (C=O) groups is 1. The van der Waals surface area contributed by atoms with E-state index in [1.807, 2.05) is 0 Å². The van der Waals surface area contributed by atoms with Gasteiger partial charge >= 0.3 is 0 Å². The first-order valence-electron chi connectivity index (χ1n) is 4.06. The van der Waals surface area contributed by atoms with Crippen LogP contribution in [0.2, 0.25) is 0 Å². The van der Waals surface area contributed by atoms with Crippen molar-refractivity contribution in [3.05, 3.63) is 27.7 Å². The number of hydrogen-bond donors (Lipinski definition) is 1. The van der Waals surface area contributed by atoms with E-state index in [1.54, 1.807) is 0 Å². The van der Waals surface area contributed by atoms with Gasteiger partial charge in [-0.3, -0.25) is 9.59 Å². The molecule has 1 aromatic rings. The Morgan fingerprint density at radius 3 is 2.85 bits per heavy atom. The fourth-order valence-electron chi connectivity index (χ4n) is 1.56. The summed E-state index contributed by atoms with van der Waals surface area (Å²) < 4.78 is 4.82. The van der Waals surface area contributed by atoms with Crippen molar-refractivity contribution in [2.24, 2.45) is 0 Å². The van der Waals surface area contributed by atoms with E-state index in [0.717, 1.165) is 5.69 Å². The van der Waals surface area contributed by atoms with Crippen LogP contribution in [0.1, 0.15) is 22.5 Å². The summed E-state index contributed by atoms with van der Waals surface area (Å²) >= 11 is 0. The molecule has 0 spiro atoms. The summed E-state index contributed by atoms with van der Waals surface area (Å²) in [6.45, 7) is 0. The second-order valence-electron chi connectivity index (χ2n) is 2.96. The third-order valence-corrected chi connectivity index (χ3v) is 2.23. The van der Waals surface area contributed by atoms with Gasteiger partial charge in [-0.1, -0.05) is 0 Å². The van der Waals surface area contributed by atoms with E-state index in [2.05, 4.69) is 4.98 Å². The molecule has 0 radical (unpaired) electrons. The number of rotatable bonds is 1. The minimum absolute atomic E-state index is 0.0878. The molecule has 0 bridgehead atoms. The number of hydrogen-bond acceptors (Lipinski definition) is 3. The highest BCUT2D eigenvalue weighted by atomic mass is 16.5. The smallest absolute Gasteiger partial charge is 0.234 e. The number of fused-ring (bicyclic) bond motifs is 1. The number of Topliss-reactive ketones (excluding diaryl/α,β-unsaturated/α-hetero) is 1. The lowest BCUT2D eigenvalue weighted by molar-refractivity contribution is 0.0993. The molecule has 0 fully saturated rings. The van der Waals surface area contributed by atoms with Gasteiger partial charge < -0.3 is 9.72 Å². The predicted octanol–water partition coefficient (Wildman–Crippen LogP) is 0.512. The lowest BCUT2D eigenvalue weighted by atomic mass is 10.2. The Morgan fingerprint density at radius 1 is 1.38 bits per heavy atom. The van der Waals surface area contributed by atoms with Gasteiger partial charge in [0.2, 0.25) is 5.43 Å². The Kier molecular flexibility index (Phi) is 1.69. The monoisotopic (exact) mass is 179 g/mol. The summed E-state index contributed by atoms with van der Waals surface area (Å²) in [7, 11) is 1.41. The number of carbonyl (C=O) groups excluding carboxylic acids is 1. The van der Waals surface area contributed by atoms with Gasteiger partial charge in [0.25, 0.3) is 0 Å². The average molecular weight is 179 g/mol. The maximum absolute atomic E-state index is 11.5. The minimum Gasteiger partial charge on any atom is -0.491 e. The van der Waals surface area contributed by atoms with E-state index >= 15 is 0 Å². The zero-order chi connectivity index (χ0) is 9.42. The van der Waals surface area contributed by atoms with Gasteiger partial charge in [0, 0.05) is 18.3 Å². The van der Waals surface area contributed by atoms with Crippen LogP contribution in [0.3, 0.4) is 0 Å². The summed E-state index contributed by atoms with van der Waals surface area (Å²) in [5.41, 5.74) is 0.717. The highest BCUT2D eigenvalue weighted by Crippen LogP contribution is 2.18. The second kappa shape index (κ2) is 2.73. The first kappa shape index (κ1) is 8.04. The molecule has 1 aliphatic carbocycles. The van der Waals surface area contributed by atoms with E-state index in [4.69, 9.17) is 4.74 Å². The fraction of sp³-hybridized carbons (Fsp3) is 0.333. The molecule has 68 valence electrons. The van der Waals surface area contributed by atoms with E-state index in [1.165, 1.54) is 13.3 Å². The SMILES string of the molecule is COc1c[nH]c2c(c1=O)C(=O)CC2. The molecule has 0 atom stereocenters. The van der Waals surface area contributed by atoms with Crippen LogP contribution in [0.5, 0.6) is 5.75 Å². The Morgan fingerprint density at radius 2 is 2.15 bits per heavy atom. The van der Waals surface area contributed by atoms with Crippen molar-refractivity contribution in [1.29, 1.82) is 0 Å². The molecule has 0 aliphatic heterocycles. The van der Waals surface area contributed by atoms with Crippen LogP contribution < -0.4 is 10.2 Å². The van der Waals surface area contributed by atoms with Gasteiger partial charge in [0.15, 0.2) is 11.5 Å². The number of H-pyrrole nitrogens is 1. The Labute approximate surface area is 74.5 Å². The highest BCUT2D eigenvalue weighted by molar-refractivity contribution is 6.00. The van der Waals surface area contributed by atoms with Gasteiger partial charge in [-0.2, -0.15) is 0 Å². The predicted molar refractivity (Wildman–Crippen MR) is 46.3 cm³/mol. The third-order valence-electron chi connectivity index (χ3n) is 2.23. The lowest BCUT2D eigenvalue weighted by Gasteiger charge is -2.00. The van der Waals surface area contributed by atoms with Crippen molar-refractivity contribution in [2.75, 3.05) is 7.11 Å². The summed E-state index contributed by atoms with van der Waals surface area (Å²) in [5.74, 6) is 0.115. The molecular formula is C9H9NO3. The molecule has 1 aliphatic rings. The number of nitrogens with one attached hydrogen (secondary N) is 1. The van der Waals surface area contributed by atoms with Gasteiger partial charge in [-0.25, -0.2) is 0 Å². The molecule has 1 N–H and O–H groups in total. The van der Waals surface area contributed by atoms with Gasteiger partial charge in [-0.15, -0.1) is 0 Å². The van der Waals surface area contributed by atoms with Crippen LogP contribution >= 0.6 is 0 Å². The molecule has 0 aromatic carbocycles. The molecule has 1 aromatic heterocycles. The van der Waals surface area contributed by atoms with Crippen molar-refractivity contribution >= 4 is 5.78 Å². The molecular weight excluding hydrogens is 170 g/mol. The molecule has 4 nitrogen and oxygen atoms in total. The number of ketones is 1. The van der Waals surface area contributed by atoms with Crippen LogP contribution in [0.25, 0.3) is 0 Å². The fourth-order valence-corrected chi connectivity index (χ4v) is 1.56. The highest BCUT2D eigenvalue weighted by Gasteiger charge is 2.24. The van der Waals surface area contributed by atoms with Crippen molar-refractivity contribution in [3.63, 3.8) is 0 Å². The van der Waals surface area contributed by atoms with E-state index in [0.29, 0.717) is 12.8 Å². The number of aromatic amines is 1. The maximum Gasteiger partial charge on any atom is 0.234 e. The summed E-state index contributed by atoms with van der Waals surface area (Å²) in [6.07, 6.45) is 2.56. The van der Waals surface area contributed by atoms with Gasteiger partial charge in [-0.05, 0) is 6.42 Å². The third kappa shape index (κ3) is 1.06. The van der Waals surface area contributed by atoms with Crippen molar-refractivity contribution in [1.82, 2.24) is 4.98 Å². The van der Waals surface area contributed by atoms with E-state index < -0.39 is 0 Å². The van der Waals surface area contributed by atoms with E-state index in [-0.39, 0.29) is 22.5 Å². The summed E-state index contributed by atoms with van der Waals surface area (Å²) in [4.78, 5) is 25.7. The Bertz CT molecular complexity index is 419. The molecule has 0 amide bonds. The standard InChI is InChI=1S/C9H9NO3/c1-13-7-4-10-5-2-3-6(11)8(5)9(7)12/h4H,2-3H2,1H3,(H,10,12). The topological polar surface area (TPSA) is 59.2 Å². The van der Waals surface area contributed by atoms with Crippen LogP contribution in [0.15, 0.2) is 11.0 Å². The molecule has 0 saturated heterocycles. The van der Waals surface area contributed by atoms with Crippen molar-refractivity contribution in [3.8, 4) is 5.75 Å². The zero-order valence-corrected chi connectivity index (χ0v) is 7.22. The molecule has 13 heavy (non-hydrogen) atoms. The maximum atomic E-state index is 11.5. The number of aryl methyl sites for hydroxylation is 1. The van der Waals surface area contributed by atoms with Crippen LogP contribution in [-0.2, 0) is 6.42 Å². The summed E-state index contributed by atoms with van der Waals surface area (Å²) in [6, 6.07) is 0. The number of aromatic nitrogens is 1. The normalized spacial score (nSPS) is 14.4. The number of ether oxygens (including phenoxy) is 1. The van der Waals surface area contributed by atoms with Crippen molar-refractivity contribution < 1.29 is 9.53 Å². The van der Waals surface area contributed by atoms with Crippen LogP contribution in [0, 0.1) is 0 Å². The Hall–Kier alpha value is -1.58. The Balaban J connectivity index is 2.70. The second-order valence-corrected chi connectivity index (χ2v) is 2.96. The first-order valence-corrected chi connectivity index (χ1v) is 4.06. The van der Waals surface area contributed by atoms with Crippen LogP contribution in [-0.4, -0.2) is 17.9 Å². The number of methoxy groups -OCH3 is 1. The molecule has 0 unspecified atom stereocenters. The molecule has 2 rings (SSSR count). The molecule has 4 heteroatoms. The minimum atomic E-state index is -0.293. The zero-order valence-electron chi connectivity index (χ0n) is 7.22.